The Morgan fingerprint density at radius 3 is 2.78 bits per heavy atom. The molecule has 0 N–H and O–H groups in total. The maximum Gasteiger partial charge on any atom is 0.280 e. The van der Waals surface area contributed by atoms with E-state index in [1.807, 2.05) is 11.9 Å². The highest BCUT2D eigenvalue weighted by Crippen LogP contribution is 2.27. The lowest BCUT2D eigenvalue weighted by molar-refractivity contribution is -0.385. The number of hydrogen-bond acceptors (Lipinski definition) is 4. The fourth-order valence-electron chi connectivity index (χ4n) is 2.53. The van der Waals surface area contributed by atoms with Crippen LogP contribution in [0.25, 0.3) is 0 Å². The first kappa shape index (κ1) is 12.7. The molecule has 0 saturated carbocycles. The van der Waals surface area contributed by atoms with Crippen LogP contribution in [0.5, 0.6) is 0 Å². The van der Waals surface area contributed by atoms with Crippen LogP contribution in [0, 0.1) is 17.0 Å². The highest BCUT2D eigenvalue weighted by Gasteiger charge is 2.33. The summed E-state index contributed by atoms with van der Waals surface area (Å²) >= 11 is 0. The summed E-state index contributed by atoms with van der Waals surface area (Å²) < 4.78 is 0. The molecule has 1 atom stereocenters. The number of nitrogens with zero attached hydrogens (tertiary/aromatic N) is 2. The molecule has 18 heavy (non-hydrogen) atoms. The summed E-state index contributed by atoms with van der Waals surface area (Å²) in [7, 11) is 1.89. The van der Waals surface area contributed by atoms with E-state index in [4.69, 9.17) is 0 Å². The predicted octanol–water partition coefficient (Wildman–Crippen LogP) is 2.18. The Bertz CT molecular complexity index is 499. The van der Waals surface area contributed by atoms with Gasteiger partial charge in [-0.25, -0.2) is 0 Å². The van der Waals surface area contributed by atoms with E-state index in [1.54, 1.807) is 19.1 Å². The van der Waals surface area contributed by atoms with Crippen LogP contribution in [0.4, 0.5) is 5.69 Å². The van der Waals surface area contributed by atoms with Gasteiger partial charge in [-0.1, -0.05) is 12.1 Å². The zero-order valence-corrected chi connectivity index (χ0v) is 10.5. The second-order valence-electron chi connectivity index (χ2n) is 4.73. The van der Waals surface area contributed by atoms with Gasteiger partial charge in [-0.15, -0.1) is 0 Å². The smallest absolute Gasteiger partial charge is 0.280 e. The van der Waals surface area contributed by atoms with Crippen molar-refractivity contribution in [2.24, 2.45) is 0 Å². The highest BCUT2D eigenvalue weighted by molar-refractivity contribution is 6.04. The zero-order chi connectivity index (χ0) is 13.3. The summed E-state index contributed by atoms with van der Waals surface area (Å²) in [6, 6.07) is 4.54. The highest BCUT2D eigenvalue weighted by atomic mass is 16.6. The fourth-order valence-corrected chi connectivity index (χ4v) is 2.53. The second kappa shape index (κ2) is 4.86. The number of hydrogen-bond donors (Lipinski definition) is 0. The van der Waals surface area contributed by atoms with E-state index in [0.717, 1.165) is 19.4 Å². The Morgan fingerprint density at radius 1 is 1.50 bits per heavy atom. The molecule has 0 amide bonds. The van der Waals surface area contributed by atoms with Gasteiger partial charge in [0.25, 0.3) is 5.69 Å². The van der Waals surface area contributed by atoms with Crippen molar-refractivity contribution in [1.82, 2.24) is 4.90 Å². The molecule has 0 radical (unpaired) electrons. The molecule has 0 bridgehead atoms. The molecule has 1 aliphatic heterocycles. The monoisotopic (exact) mass is 248 g/mol. The Labute approximate surface area is 106 Å². The molecule has 1 aromatic rings. The zero-order valence-electron chi connectivity index (χ0n) is 10.5. The van der Waals surface area contributed by atoms with Crippen LogP contribution < -0.4 is 0 Å². The summed E-state index contributed by atoms with van der Waals surface area (Å²) in [4.78, 5) is 25.0. The van der Waals surface area contributed by atoms with Crippen LogP contribution in [0.2, 0.25) is 0 Å². The van der Waals surface area contributed by atoms with Crippen LogP contribution in [0.15, 0.2) is 18.2 Å². The molecule has 1 fully saturated rings. The Hall–Kier alpha value is -1.75. The number of Topliss-reactive ketones (excluding diaryl/α,β-unsaturated/α-hetero) is 1. The standard InChI is InChI=1S/C13H16N2O3/c1-9-5-3-6-10(15(17)18)12(9)13(16)11-7-4-8-14(11)2/h3,5-6,11H,4,7-8H2,1-2H3/t11-/m1/s1. The van der Waals surface area contributed by atoms with E-state index in [2.05, 4.69) is 0 Å². The Morgan fingerprint density at radius 2 is 2.22 bits per heavy atom. The lowest BCUT2D eigenvalue weighted by Crippen LogP contribution is -2.33. The average Bonchev–Trinajstić information content (AvgIpc) is 2.74. The number of rotatable bonds is 3. The third-order valence-electron chi connectivity index (χ3n) is 3.52. The van der Waals surface area contributed by atoms with Crippen LogP contribution in [-0.2, 0) is 0 Å². The lowest BCUT2D eigenvalue weighted by Gasteiger charge is -2.18. The van der Waals surface area contributed by atoms with Gasteiger partial charge in [0, 0.05) is 6.07 Å². The first-order chi connectivity index (χ1) is 8.52. The van der Waals surface area contributed by atoms with E-state index in [-0.39, 0.29) is 23.1 Å². The van der Waals surface area contributed by atoms with Gasteiger partial charge in [-0.05, 0) is 38.9 Å². The van der Waals surface area contributed by atoms with Crippen molar-refractivity contribution >= 4 is 11.5 Å². The topological polar surface area (TPSA) is 63.5 Å². The third kappa shape index (κ3) is 2.13. The summed E-state index contributed by atoms with van der Waals surface area (Å²) in [5, 5.41) is 11.0. The summed E-state index contributed by atoms with van der Waals surface area (Å²) in [5.41, 5.74) is 0.857. The van der Waals surface area contributed by atoms with Gasteiger partial charge in [-0.3, -0.25) is 19.8 Å². The molecule has 2 rings (SSSR count). The number of nitro benzene ring substituents is 1. The average molecular weight is 248 g/mol. The van der Waals surface area contributed by atoms with Crippen molar-refractivity contribution in [3.05, 3.63) is 39.4 Å². The number of carbonyl (C=O) groups is 1. The first-order valence-corrected chi connectivity index (χ1v) is 6.01. The molecule has 5 heteroatoms. The second-order valence-corrected chi connectivity index (χ2v) is 4.73. The number of benzene rings is 1. The van der Waals surface area contributed by atoms with E-state index >= 15 is 0 Å². The van der Waals surface area contributed by atoms with Crippen LogP contribution >= 0.6 is 0 Å². The predicted molar refractivity (Wildman–Crippen MR) is 67.8 cm³/mol. The quantitative estimate of drug-likeness (QED) is 0.467. The summed E-state index contributed by atoms with van der Waals surface area (Å²) in [5.74, 6) is -0.125. The summed E-state index contributed by atoms with van der Waals surface area (Å²) in [6.45, 7) is 2.62. The van der Waals surface area contributed by atoms with Gasteiger partial charge in [-0.2, -0.15) is 0 Å². The Balaban J connectivity index is 2.44. The maximum atomic E-state index is 12.5. The van der Waals surface area contributed by atoms with Crippen LogP contribution in [0.1, 0.15) is 28.8 Å². The molecular formula is C13H16N2O3. The number of aryl methyl sites for hydroxylation is 1. The largest absolute Gasteiger partial charge is 0.296 e. The van der Waals surface area contributed by atoms with Gasteiger partial charge in [0.15, 0.2) is 5.78 Å². The van der Waals surface area contributed by atoms with Gasteiger partial charge in [0.05, 0.1) is 16.5 Å². The molecule has 0 spiro atoms. The van der Waals surface area contributed by atoms with Gasteiger partial charge < -0.3 is 0 Å². The minimum Gasteiger partial charge on any atom is -0.296 e. The van der Waals surface area contributed by atoms with E-state index < -0.39 is 4.92 Å². The minimum atomic E-state index is -0.477. The van der Waals surface area contributed by atoms with E-state index in [0.29, 0.717) is 5.56 Å². The van der Waals surface area contributed by atoms with Crippen molar-refractivity contribution in [2.75, 3.05) is 13.6 Å². The van der Waals surface area contributed by atoms with Crippen molar-refractivity contribution < 1.29 is 9.72 Å². The molecule has 96 valence electrons. The molecule has 1 aromatic carbocycles. The van der Waals surface area contributed by atoms with Crippen molar-refractivity contribution in [1.29, 1.82) is 0 Å². The Kier molecular flexibility index (Phi) is 3.43. The van der Waals surface area contributed by atoms with E-state index in [1.165, 1.54) is 6.07 Å². The molecule has 1 aliphatic rings. The van der Waals surface area contributed by atoms with Gasteiger partial charge >= 0.3 is 0 Å². The molecule has 5 nitrogen and oxygen atoms in total. The third-order valence-corrected chi connectivity index (χ3v) is 3.52. The van der Waals surface area contributed by atoms with Crippen molar-refractivity contribution in [2.45, 2.75) is 25.8 Å². The molecule has 0 aromatic heterocycles. The number of likely N-dealkylation sites (N-methyl/N-ethyl adjacent to an activating group) is 1. The van der Waals surface area contributed by atoms with Crippen LogP contribution in [0.3, 0.4) is 0 Å². The molecule has 0 unspecified atom stereocenters. The van der Waals surface area contributed by atoms with Crippen molar-refractivity contribution in [3.8, 4) is 0 Å². The lowest BCUT2D eigenvalue weighted by atomic mass is 9.96. The fraction of sp³-hybridized carbons (Fsp3) is 0.462. The summed E-state index contributed by atoms with van der Waals surface area (Å²) in [6.07, 6.45) is 1.74. The van der Waals surface area contributed by atoms with E-state index in [9.17, 15) is 14.9 Å². The van der Waals surface area contributed by atoms with Gasteiger partial charge in [0.2, 0.25) is 0 Å². The van der Waals surface area contributed by atoms with Crippen molar-refractivity contribution in [3.63, 3.8) is 0 Å². The first-order valence-electron chi connectivity index (χ1n) is 6.01. The number of nitro groups is 1. The SMILES string of the molecule is Cc1cccc([N+](=O)[O-])c1C(=O)[C@H]1CCCN1C. The minimum absolute atomic E-state index is 0.0831. The molecular weight excluding hydrogens is 232 g/mol. The molecule has 1 heterocycles. The number of carbonyl (C=O) groups excluding carboxylic acids is 1. The van der Waals surface area contributed by atoms with Crippen LogP contribution in [-0.4, -0.2) is 35.2 Å². The molecule has 0 aliphatic carbocycles. The molecule has 1 saturated heterocycles. The van der Waals surface area contributed by atoms with Gasteiger partial charge in [0.1, 0.15) is 0 Å². The number of likely N-dealkylation sites (tertiary alicyclic amines) is 1. The number of ketones is 1. The normalized spacial score (nSPS) is 20.0. The maximum absolute atomic E-state index is 12.5.